The van der Waals surface area contributed by atoms with Crippen molar-refractivity contribution in [3.05, 3.63) is 164 Å². The van der Waals surface area contributed by atoms with E-state index in [1.54, 1.807) is 0 Å². The fourth-order valence-electron chi connectivity index (χ4n) is 11.8. The number of rotatable bonds is 39. The van der Waals surface area contributed by atoms with Crippen LogP contribution in [-0.2, 0) is 77.0 Å². The third-order valence-corrected chi connectivity index (χ3v) is 19.1. The van der Waals surface area contributed by atoms with E-state index in [1.165, 1.54) is 118 Å². The van der Waals surface area contributed by atoms with E-state index in [0.717, 1.165) is 173 Å². The molecule has 6 rings (SSSR count). The number of aryl methyl sites for hydroxylation is 8. The van der Waals surface area contributed by atoms with Gasteiger partial charge in [0.1, 0.15) is 23.0 Å². The summed E-state index contributed by atoms with van der Waals surface area (Å²) in [6.45, 7) is 27.6. The Morgan fingerprint density at radius 1 is 0.220 bits per heavy atom. The Hall–Kier alpha value is -4.62. The zero-order valence-corrected chi connectivity index (χ0v) is 55.4. The van der Waals surface area contributed by atoms with Crippen LogP contribution in [-0.4, -0.2) is 0 Å². The molecule has 0 aromatic heterocycles. The molecule has 0 aliphatic rings. The first-order valence-corrected chi connectivity index (χ1v) is 35.6. The van der Waals surface area contributed by atoms with E-state index in [1.807, 2.05) is 0 Å². The van der Waals surface area contributed by atoms with Gasteiger partial charge in [-0.05, 0) is 205 Å². The molecule has 0 bridgehead atoms. The van der Waals surface area contributed by atoms with Crippen molar-refractivity contribution in [1.82, 2.24) is 0 Å². The van der Waals surface area contributed by atoms with Crippen molar-refractivity contribution in [2.75, 3.05) is 0 Å². The van der Waals surface area contributed by atoms with Crippen LogP contribution < -0.4 is 28.7 Å². The lowest BCUT2D eigenvalue weighted by Gasteiger charge is -2.27. The predicted octanol–water partition coefficient (Wildman–Crippen LogP) is 22.5. The normalized spacial score (nSPS) is 11.5. The van der Waals surface area contributed by atoms with Crippen LogP contribution >= 0.6 is 16.8 Å². The van der Waals surface area contributed by atoms with Crippen molar-refractivity contribution in [2.24, 2.45) is 0 Å². The lowest BCUT2D eigenvalue weighted by molar-refractivity contribution is 0.483. The SMILES string of the molecule is CCCCc1ccc(CCC)c(OP(Oc2c(CCC)ccc(CCCC)c2CCC)c2ccc(-c3ccc(P(Oc4c(CCC)ccc(CCCC)c4CCC)Oc4c(CCC)ccc(CCCC)c4CCC)cc3)cc2)c1CCC. The molecular formula is C76H108O4P2. The van der Waals surface area contributed by atoms with Gasteiger partial charge in [0.2, 0.25) is 0 Å². The van der Waals surface area contributed by atoms with E-state index in [0.29, 0.717) is 0 Å². The molecule has 0 aliphatic carbocycles. The highest BCUT2D eigenvalue weighted by Gasteiger charge is 2.29. The molecule has 6 heteroatoms. The third-order valence-electron chi connectivity index (χ3n) is 16.2. The molecule has 0 heterocycles. The van der Waals surface area contributed by atoms with Gasteiger partial charge in [-0.1, -0.05) is 233 Å². The average molecular weight is 1150 g/mol. The minimum atomic E-state index is -1.58. The molecule has 82 heavy (non-hydrogen) atoms. The van der Waals surface area contributed by atoms with Crippen LogP contribution in [0.5, 0.6) is 23.0 Å². The van der Waals surface area contributed by atoms with Gasteiger partial charge in [-0.2, -0.15) is 0 Å². The monoisotopic (exact) mass is 1150 g/mol. The first kappa shape index (κ1) is 66.5. The van der Waals surface area contributed by atoms with Gasteiger partial charge in [-0.15, -0.1) is 0 Å². The maximum absolute atomic E-state index is 7.63. The quantitative estimate of drug-likeness (QED) is 0.0361. The molecule has 0 saturated heterocycles. The molecule has 0 atom stereocenters. The number of hydrogen-bond acceptors (Lipinski definition) is 4. The highest BCUT2D eigenvalue weighted by molar-refractivity contribution is 7.57. The van der Waals surface area contributed by atoms with Gasteiger partial charge >= 0.3 is 16.8 Å². The summed E-state index contributed by atoms with van der Waals surface area (Å²) in [4.78, 5) is 0. The molecule has 4 nitrogen and oxygen atoms in total. The van der Waals surface area contributed by atoms with E-state index >= 15 is 0 Å². The van der Waals surface area contributed by atoms with Crippen LogP contribution in [0.25, 0.3) is 11.1 Å². The van der Waals surface area contributed by atoms with Gasteiger partial charge < -0.3 is 18.1 Å². The second-order valence-electron chi connectivity index (χ2n) is 23.2. The van der Waals surface area contributed by atoms with Crippen LogP contribution in [0.4, 0.5) is 0 Å². The zero-order chi connectivity index (χ0) is 58.6. The summed E-state index contributed by atoms with van der Waals surface area (Å²) < 4.78 is 30.5. The minimum absolute atomic E-state index is 0.974. The molecule has 0 amide bonds. The molecule has 0 fully saturated rings. The lowest BCUT2D eigenvalue weighted by atomic mass is 9.94. The Morgan fingerprint density at radius 2 is 0.427 bits per heavy atom. The van der Waals surface area contributed by atoms with E-state index in [9.17, 15) is 0 Å². The summed E-state index contributed by atoms with van der Waals surface area (Å²) in [6.07, 6.45) is 30.0. The highest BCUT2D eigenvalue weighted by atomic mass is 31.2. The Labute approximate surface area is 503 Å². The van der Waals surface area contributed by atoms with Crippen molar-refractivity contribution in [1.29, 1.82) is 0 Å². The predicted molar refractivity (Wildman–Crippen MR) is 360 cm³/mol. The summed E-state index contributed by atoms with van der Waals surface area (Å²) in [7, 11) is -3.15. The standard InChI is InChI=1S/C76H108O4P2/c1-13-25-37-59-41-45-63(29-17-5)73(69(59)33-21-9)77-81(78-74-64(30-18-6)46-42-60(38-26-14-2)70(74)34-22-10)67-53-49-57(50-54-67)58-51-55-68(56-52-58)82(79-75-65(31-19-7)47-43-61(39-27-15-3)71(75)35-23-11)80-76-66(32-20-8)48-44-62(40-28-16-4)72(76)36-24-12/h41-56H,13-40H2,1-12H3. The summed E-state index contributed by atoms with van der Waals surface area (Å²) in [5.41, 5.74) is 18.7. The molecule has 0 N–H and O–H groups in total. The minimum Gasteiger partial charge on any atom is -0.435 e. The smallest absolute Gasteiger partial charge is 0.326 e. The topological polar surface area (TPSA) is 36.9 Å². The first-order chi connectivity index (χ1) is 40.2. The zero-order valence-electron chi connectivity index (χ0n) is 53.6. The summed E-state index contributed by atoms with van der Waals surface area (Å²) in [5, 5.41) is 2.18. The Kier molecular flexibility index (Phi) is 29.4. The van der Waals surface area contributed by atoms with Gasteiger partial charge in [0.15, 0.2) is 0 Å². The molecule has 0 radical (unpaired) electrons. The molecule has 6 aromatic carbocycles. The van der Waals surface area contributed by atoms with Crippen LogP contribution in [0, 0.1) is 0 Å². The van der Waals surface area contributed by atoms with Crippen molar-refractivity contribution in [3.8, 4) is 34.1 Å². The van der Waals surface area contributed by atoms with Gasteiger partial charge in [0.05, 0.1) is 10.6 Å². The molecular weight excluding hydrogens is 1040 g/mol. The number of hydrogen-bond donors (Lipinski definition) is 0. The molecule has 0 saturated carbocycles. The molecule has 0 aliphatic heterocycles. The van der Waals surface area contributed by atoms with Crippen molar-refractivity contribution in [3.63, 3.8) is 0 Å². The van der Waals surface area contributed by atoms with Gasteiger partial charge in [0, 0.05) is 0 Å². The Bertz CT molecular complexity index is 2470. The second-order valence-corrected chi connectivity index (χ2v) is 25.9. The van der Waals surface area contributed by atoms with E-state index in [2.05, 4.69) is 180 Å². The van der Waals surface area contributed by atoms with E-state index < -0.39 is 16.8 Å². The van der Waals surface area contributed by atoms with Crippen molar-refractivity contribution >= 4 is 27.4 Å². The van der Waals surface area contributed by atoms with Gasteiger partial charge in [-0.25, -0.2) is 0 Å². The second kappa shape index (κ2) is 36.3. The molecule has 6 aromatic rings. The van der Waals surface area contributed by atoms with Crippen molar-refractivity contribution in [2.45, 2.75) is 263 Å². The molecule has 0 spiro atoms. The first-order valence-electron chi connectivity index (χ1n) is 33.3. The summed E-state index contributed by atoms with van der Waals surface area (Å²) in [6, 6.07) is 37.4. The third kappa shape index (κ3) is 18.2. The van der Waals surface area contributed by atoms with E-state index in [-0.39, 0.29) is 0 Å². The van der Waals surface area contributed by atoms with E-state index in [4.69, 9.17) is 18.1 Å². The van der Waals surface area contributed by atoms with Crippen LogP contribution in [0.15, 0.2) is 97.1 Å². The average Bonchev–Trinajstić information content (AvgIpc) is 3.68. The van der Waals surface area contributed by atoms with Gasteiger partial charge in [-0.3, -0.25) is 0 Å². The number of unbranched alkanes of at least 4 members (excludes halogenated alkanes) is 4. The number of benzene rings is 6. The lowest BCUT2D eigenvalue weighted by Crippen LogP contribution is -2.15. The largest absolute Gasteiger partial charge is 0.435 e. The fourth-order valence-corrected chi connectivity index (χ4v) is 14.7. The summed E-state index contributed by atoms with van der Waals surface area (Å²) >= 11 is 0. The Balaban J connectivity index is 1.49. The Morgan fingerprint density at radius 3 is 0.622 bits per heavy atom. The van der Waals surface area contributed by atoms with Crippen LogP contribution in [0.1, 0.15) is 253 Å². The molecule has 0 unspecified atom stereocenters. The van der Waals surface area contributed by atoms with Gasteiger partial charge in [0.25, 0.3) is 0 Å². The highest BCUT2D eigenvalue weighted by Crippen LogP contribution is 2.49. The van der Waals surface area contributed by atoms with Crippen molar-refractivity contribution < 1.29 is 18.1 Å². The maximum atomic E-state index is 7.63. The van der Waals surface area contributed by atoms with Crippen LogP contribution in [0.3, 0.4) is 0 Å². The summed E-state index contributed by atoms with van der Waals surface area (Å²) in [5.74, 6) is 4.25. The fraction of sp³-hybridized carbons (Fsp3) is 0.526. The van der Waals surface area contributed by atoms with Crippen LogP contribution in [0.2, 0.25) is 0 Å². The maximum Gasteiger partial charge on any atom is 0.326 e. The molecule has 446 valence electrons.